The summed E-state index contributed by atoms with van der Waals surface area (Å²) in [6.45, 7) is 1.79. The quantitative estimate of drug-likeness (QED) is 0.682. The van der Waals surface area contributed by atoms with Gasteiger partial charge < -0.3 is 10.4 Å². The van der Waals surface area contributed by atoms with E-state index < -0.39 is 5.97 Å². The molecule has 2 N–H and O–H groups in total. The summed E-state index contributed by atoms with van der Waals surface area (Å²) in [5.41, 5.74) is 0. The molecule has 0 radical (unpaired) electrons. The smallest absolute Gasteiger partial charge is 0.303 e. The zero-order valence-corrected chi connectivity index (χ0v) is 8.85. The molecule has 0 spiro atoms. The lowest BCUT2D eigenvalue weighted by molar-refractivity contribution is -0.137. The molecule has 1 heterocycles. The minimum absolute atomic E-state index is 0.278. The van der Waals surface area contributed by atoms with Gasteiger partial charge in [0.2, 0.25) is 0 Å². The molecule has 0 aromatic carbocycles. The van der Waals surface area contributed by atoms with Crippen molar-refractivity contribution in [1.82, 2.24) is 5.32 Å². The highest BCUT2D eigenvalue weighted by Gasteiger charge is 1.96. The van der Waals surface area contributed by atoms with E-state index in [1.165, 1.54) is 4.88 Å². The van der Waals surface area contributed by atoms with E-state index in [9.17, 15) is 4.79 Å². The molecule has 0 aliphatic carbocycles. The molecule has 1 aromatic rings. The van der Waals surface area contributed by atoms with Crippen molar-refractivity contribution in [3.05, 3.63) is 22.4 Å². The van der Waals surface area contributed by atoms with Gasteiger partial charge in [0.25, 0.3) is 0 Å². The molecule has 3 nitrogen and oxygen atoms in total. The van der Waals surface area contributed by atoms with Crippen molar-refractivity contribution in [2.24, 2.45) is 0 Å². The van der Waals surface area contributed by atoms with Gasteiger partial charge in [0.1, 0.15) is 0 Å². The number of thiophene rings is 1. The van der Waals surface area contributed by atoms with E-state index in [-0.39, 0.29) is 6.42 Å². The van der Waals surface area contributed by atoms with Crippen LogP contribution in [0.4, 0.5) is 0 Å². The third-order valence-corrected chi connectivity index (χ3v) is 2.75. The third kappa shape index (κ3) is 4.99. The number of nitrogens with one attached hydrogen (secondary N) is 1. The molecule has 0 bridgehead atoms. The number of carbonyl (C=O) groups is 1. The molecule has 1 aromatic heterocycles. The molecular weight excluding hydrogens is 198 g/mol. The van der Waals surface area contributed by atoms with Crippen LogP contribution in [-0.4, -0.2) is 17.6 Å². The fraction of sp³-hybridized carbons (Fsp3) is 0.500. The molecular formula is C10H15NO2S. The molecule has 0 amide bonds. The summed E-state index contributed by atoms with van der Waals surface area (Å²) in [4.78, 5) is 11.5. The van der Waals surface area contributed by atoms with Crippen LogP contribution in [0, 0.1) is 0 Å². The van der Waals surface area contributed by atoms with Crippen LogP contribution < -0.4 is 5.32 Å². The summed E-state index contributed by atoms with van der Waals surface area (Å²) in [5.74, 6) is -0.705. The van der Waals surface area contributed by atoms with Crippen LogP contribution in [0.5, 0.6) is 0 Å². The largest absolute Gasteiger partial charge is 0.481 e. The van der Waals surface area contributed by atoms with Gasteiger partial charge in [-0.05, 0) is 30.8 Å². The fourth-order valence-corrected chi connectivity index (χ4v) is 1.83. The van der Waals surface area contributed by atoms with E-state index in [1.54, 1.807) is 11.3 Å². The Balaban J connectivity index is 1.92. The lowest BCUT2D eigenvalue weighted by Crippen LogP contribution is -2.14. The van der Waals surface area contributed by atoms with Crippen LogP contribution in [0.3, 0.4) is 0 Å². The highest BCUT2D eigenvalue weighted by atomic mass is 32.1. The Morgan fingerprint density at radius 1 is 1.50 bits per heavy atom. The van der Waals surface area contributed by atoms with Gasteiger partial charge in [-0.1, -0.05) is 6.07 Å². The third-order valence-electron chi connectivity index (χ3n) is 1.87. The van der Waals surface area contributed by atoms with E-state index in [2.05, 4.69) is 16.8 Å². The second-order valence-electron chi connectivity index (χ2n) is 3.11. The minimum Gasteiger partial charge on any atom is -0.481 e. The van der Waals surface area contributed by atoms with Gasteiger partial charge in [-0.2, -0.15) is 0 Å². The lowest BCUT2D eigenvalue weighted by Gasteiger charge is -2.01. The van der Waals surface area contributed by atoms with Crippen LogP contribution in [0.2, 0.25) is 0 Å². The Bertz CT molecular complexity index is 259. The van der Waals surface area contributed by atoms with E-state index in [1.807, 2.05) is 6.07 Å². The maximum Gasteiger partial charge on any atom is 0.303 e. The fourth-order valence-electron chi connectivity index (χ4n) is 1.15. The molecule has 0 atom stereocenters. The first-order valence-electron chi connectivity index (χ1n) is 4.74. The molecule has 1 rings (SSSR count). The number of rotatable bonds is 7. The zero-order chi connectivity index (χ0) is 10.2. The predicted molar refractivity (Wildman–Crippen MR) is 57.5 cm³/mol. The van der Waals surface area contributed by atoms with E-state index in [0.29, 0.717) is 0 Å². The molecule has 0 unspecified atom stereocenters. The van der Waals surface area contributed by atoms with Gasteiger partial charge in [0.15, 0.2) is 0 Å². The highest BCUT2D eigenvalue weighted by molar-refractivity contribution is 7.09. The van der Waals surface area contributed by atoms with Gasteiger partial charge in [0, 0.05) is 17.8 Å². The molecule has 4 heteroatoms. The summed E-state index contributed by atoms with van der Waals surface area (Å²) < 4.78 is 0. The SMILES string of the molecule is O=C(O)CCCCNCc1cccs1. The van der Waals surface area contributed by atoms with Gasteiger partial charge in [-0.3, -0.25) is 4.79 Å². The molecule has 0 fully saturated rings. The maximum atomic E-state index is 10.2. The Kier molecular flexibility index (Phi) is 5.25. The standard InChI is InChI=1S/C10H15NO2S/c12-10(13)5-1-2-6-11-8-9-4-3-7-14-9/h3-4,7,11H,1-2,5-6,8H2,(H,12,13). The first-order valence-corrected chi connectivity index (χ1v) is 5.62. The van der Waals surface area contributed by atoms with E-state index in [4.69, 9.17) is 5.11 Å². The Hall–Kier alpha value is -0.870. The Morgan fingerprint density at radius 2 is 2.36 bits per heavy atom. The van der Waals surface area contributed by atoms with Gasteiger partial charge in [-0.15, -0.1) is 11.3 Å². The average Bonchev–Trinajstić information content (AvgIpc) is 2.63. The summed E-state index contributed by atoms with van der Waals surface area (Å²) in [6, 6.07) is 4.13. The second kappa shape index (κ2) is 6.56. The van der Waals surface area contributed by atoms with Crippen LogP contribution >= 0.6 is 11.3 Å². The molecule has 14 heavy (non-hydrogen) atoms. The number of aliphatic carboxylic acids is 1. The van der Waals surface area contributed by atoms with Gasteiger partial charge >= 0.3 is 5.97 Å². The van der Waals surface area contributed by atoms with Crippen LogP contribution in [-0.2, 0) is 11.3 Å². The van der Waals surface area contributed by atoms with Crippen molar-refractivity contribution in [2.75, 3.05) is 6.54 Å². The number of unbranched alkanes of at least 4 members (excludes halogenated alkanes) is 1. The van der Waals surface area contributed by atoms with Crippen LogP contribution in [0.1, 0.15) is 24.1 Å². The van der Waals surface area contributed by atoms with Crippen LogP contribution in [0.25, 0.3) is 0 Å². The monoisotopic (exact) mass is 213 g/mol. The summed E-state index contributed by atoms with van der Waals surface area (Å²) in [7, 11) is 0. The zero-order valence-electron chi connectivity index (χ0n) is 8.03. The maximum absolute atomic E-state index is 10.2. The lowest BCUT2D eigenvalue weighted by atomic mass is 10.2. The van der Waals surface area contributed by atoms with Crippen molar-refractivity contribution < 1.29 is 9.90 Å². The van der Waals surface area contributed by atoms with E-state index in [0.717, 1.165) is 25.9 Å². The van der Waals surface area contributed by atoms with Gasteiger partial charge in [-0.25, -0.2) is 0 Å². The molecule has 78 valence electrons. The first-order chi connectivity index (χ1) is 6.79. The van der Waals surface area contributed by atoms with Gasteiger partial charge in [0.05, 0.1) is 0 Å². The highest BCUT2D eigenvalue weighted by Crippen LogP contribution is 2.07. The molecule has 0 aliphatic rings. The second-order valence-corrected chi connectivity index (χ2v) is 4.14. The van der Waals surface area contributed by atoms with Crippen molar-refractivity contribution in [3.63, 3.8) is 0 Å². The summed E-state index contributed by atoms with van der Waals surface area (Å²) in [5, 5.41) is 13.7. The molecule has 0 saturated heterocycles. The first kappa shape index (κ1) is 11.2. The van der Waals surface area contributed by atoms with Crippen LogP contribution in [0.15, 0.2) is 17.5 Å². The number of hydrogen-bond donors (Lipinski definition) is 2. The van der Waals surface area contributed by atoms with Crippen molar-refractivity contribution in [1.29, 1.82) is 0 Å². The summed E-state index contributed by atoms with van der Waals surface area (Å²) >= 11 is 1.73. The Labute approximate surface area is 87.8 Å². The number of hydrogen-bond acceptors (Lipinski definition) is 3. The van der Waals surface area contributed by atoms with Crippen molar-refractivity contribution in [2.45, 2.75) is 25.8 Å². The predicted octanol–water partition coefficient (Wildman–Crippen LogP) is 2.09. The normalized spacial score (nSPS) is 10.3. The molecule has 0 aliphatic heterocycles. The topological polar surface area (TPSA) is 49.3 Å². The molecule has 0 saturated carbocycles. The van der Waals surface area contributed by atoms with Crippen molar-refractivity contribution >= 4 is 17.3 Å². The number of carboxylic acid groups (broad SMARTS) is 1. The minimum atomic E-state index is -0.705. The Morgan fingerprint density at radius 3 is 3.00 bits per heavy atom. The number of carboxylic acids is 1. The summed E-state index contributed by atoms with van der Waals surface area (Å²) in [6.07, 6.45) is 1.96. The average molecular weight is 213 g/mol. The van der Waals surface area contributed by atoms with E-state index >= 15 is 0 Å². The van der Waals surface area contributed by atoms with Crippen molar-refractivity contribution in [3.8, 4) is 0 Å².